The predicted octanol–water partition coefficient (Wildman–Crippen LogP) is 4.14. The van der Waals surface area contributed by atoms with Crippen molar-refractivity contribution < 1.29 is 35.3 Å². The summed E-state index contributed by atoms with van der Waals surface area (Å²) in [5.41, 5.74) is -3.09. The van der Waals surface area contributed by atoms with Crippen LogP contribution < -0.4 is 0 Å². The highest BCUT2D eigenvalue weighted by Gasteiger charge is 2.49. The van der Waals surface area contributed by atoms with E-state index in [-0.39, 0.29) is 30.0 Å². The van der Waals surface area contributed by atoms with Crippen LogP contribution in [0.5, 0.6) is 0 Å². The number of carbonyl (C=O) groups excluding carboxylic acids is 1. The van der Waals surface area contributed by atoms with Crippen LogP contribution in [-0.2, 0) is 30.3 Å². The molecule has 0 unspecified atom stereocenters. The third-order valence-corrected chi connectivity index (χ3v) is 6.25. The first kappa shape index (κ1) is 20.7. The molecule has 154 valence electrons. The van der Waals surface area contributed by atoms with Gasteiger partial charge in [-0.15, -0.1) is 0 Å². The second-order valence-corrected chi connectivity index (χ2v) is 8.76. The van der Waals surface area contributed by atoms with E-state index >= 15 is 0 Å². The molecule has 0 aliphatic heterocycles. The number of aryl methyl sites for hydroxylation is 1. The van der Waals surface area contributed by atoms with Crippen LogP contribution in [0, 0.1) is 11.8 Å². The molecule has 2 aliphatic carbocycles. The minimum Gasteiger partial charge on any atom is -0.469 e. The second kappa shape index (κ2) is 7.42. The van der Waals surface area contributed by atoms with Gasteiger partial charge in [-0.2, -0.15) is 21.6 Å². The Balaban J connectivity index is 1.90. The first-order chi connectivity index (χ1) is 13.0. The Morgan fingerprint density at radius 2 is 1.89 bits per heavy atom. The van der Waals surface area contributed by atoms with Gasteiger partial charge in [0.05, 0.1) is 13.0 Å². The zero-order valence-corrected chi connectivity index (χ0v) is 16.3. The molecule has 0 amide bonds. The lowest BCUT2D eigenvalue weighted by Gasteiger charge is -2.24. The van der Waals surface area contributed by atoms with Crippen LogP contribution in [0.4, 0.5) is 13.2 Å². The van der Waals surface area contributed by atoms with Crippen LogP contribution in [0.15, 0.2) is 24.0 Å². The van der Waals surface area contributed by atoms with Gasteiger partial charge in [0.2, 0.25) is 0 Å². The average molecular weight is 418 g/mol. The molecular weight excluding hydrogens is 397 g/mol. The smallest absolute Gasteiger partial charge is 0.469 e. The van der Waals surface area contributed by atoms with E-state index in [0.717, 1.165) is 24.0 Å². The molecule has 0 radical (unpaired) electrons. The Morgan fingerprint density at radius 1 is 1.21 bits per heavy atom. The number of halogens is 3. The lowest BCUT2D eigenvalue weighted by atomic mass is 9.81. The summed E-state index contributed by atoms with van der Waals surface area (Å²) < 4.78 is 69.4. The molecule has 0 aromatic heterocycles. The fourth-order valence-electron chi connectivity index (χ4n) is 3.70. The van der Waals surface area contributed by atoms with Crippen molar-refractivity contribution in [3.8, 4) is 0 Å². The van der Waals surface area contributed by atoms with Crippen molar-refractivity contribution >= 4 is 22.2 Å². The molecule has 1 fully saturated rings. The topological polar surface area (TPSA) is 69.7 Å². The molecule has 1 aromatic rings. The van der Waals surface area contributed by atoms with Crippen molar-refractivity contribution in [2.24, 2.45) is 11.8 Å². The molecule has 1 saturated carbocycles. The van der Waals surface area contributed by atoms with E-state index in [2.05, 4.69) is 4.18 Å². The number of esters is 1. The number of methoxy groups -OCH3 is 1. The number of hydrogen-bond acceptors (Lipinski definition) is 5. The first-order valence-corrected chi connectivity index (χ1v) is 10.4. The summed E-state index contributed by atoms with van der Waals surface area (Å²) in [4.78, 5) is 12.0. The van der Waals surface area contributed by atoms with Crippen molar-refractivity contribution in [3.05, 3.63) is 40.6 Å². The van der Waals surface area contributed by atoms with Crippen LogP contribution >= 0.6 is 0 Å². The molecule has 2 atom stereocenters. The van der Waals surface area contributed by atoms with Gasteiger partial charge in [0, 0.05) is 6.42 Å². The van der Waals surface area contributed by atoms with E-state index in [0.29, 0.717) is 17.9 Å². The number of rotatable bonds is 6. The van der Waals surface area contributed by atoms with E-state index in [9.17, 15) is 26.4 Å². The summed E-state index contributed by atoms with van der Waals surface area (Å²) >= 11 is 0. The third kappa shape index (κ3) is 4.19. The fraction of sp³-hybridized carbons (Fsp3) is 0.526. The van der Waals surface area contributed by atoms with Gasteiger partial charge in [0.25, 0.3) is 0 Å². The maximum Gasteiger partial charge on any atom is 0.534 e. The third-order valence-electron chi connectivity index (χ3n) is 5.25. The Bertz CT molecular complexity index is 901. The molecular formula is C19H21F3O5S. The summed E-state index contributed by atoms with van der Waals surface area (Å²) in [6.45, 7) is 1.80. The van der Waals surface area contributed by atoms with Gasteiger partial charge in [0.15, 0.2) is 0 Å². The Labute approximate surface area is 161 Å². The highest BCUT2D eigenvalue weighted by molar-refractivity contribution is 7.87. The largest absolute Gasteiger partial charge is 0.534 e. The van der Waals surface area contributed by atoms with Crippen LogP contribution in [0.3, 0.4) is 0 Å². The van der Waals surface area contributed by atoms with E-state index in [4.69, 9.17) is 4.74 Å². The van der Waals surface area contributed by atoms with Crippen LogP contribution in [0.1, 0.15) is 48.8 Å². The zero-order valence-electron chi connectivity index (χ0n) is 15.5. The standard InChI is InChI=1S/C19H21F3O5S/c1-11(18(23)26-2)17(13-4-5-13)14-6-3-12-7-8-16(10-15(12)9-14)27-28(24,25)19(20,21)22/h3,6,9-11,13,17H,4-5,7-8H2,1-2H3/t11-,17-/m0/s1. The molecule has 28 heavy (non-hydrogen) atoms. The number of allylic oxidation sites excluding steroid dienone is 1. The van der Waals surface area contributed by atoms with Gasteiger partial charge < -0.3 is 8.92 Å². The van der Waals surface area contributed by atoms with Crippen molar-refractivity contribution in [2.45, 2.75) is 44.0 Å². The highest BCUT2D eigenvalue weighted by atomic mass is 32.2. The van der Waals surface area contributed by atoms with Gasteiger partial charge in [-0.25, -0.2) is 0 Å². The lowest BCUT2D eigenvalue weighted by molar-refractivity contribution is -0.145. The Hall–Kier alpha value is -2.03. The summed E-state index contributed by atoms with van der Waals surface area (Å²) in [7, 11) is -4.35. The average Bonchev–Trinajstić information content (AvgIpc) is 3.44. The molecule has 3 rings (SSSR count). The molecule has 0 saturated heterocycles. The Morgan fingerprint density at radius 3 is 2.46 bits per heavy atom. The van der Waals surface area contributed by atoms with E-state index in [1.165, 1.54) is 13.2 Å². The van der Waals surface area contributed by atoms with Crippen molar-refractivity contribution in [3.63, 3.8) is 0 Å². The van der Waals surface area contributed by atoms with Gasteiger partial charge in [0.1, 0.15) is 5.76 Å². The van der Waals surface area contributed by atoms with Gasteiger partial charge in [-0.1, -0.05) is 25.1 Å². The molecule has 0 spiro atoms. The van der Waals surface area contributed by atoms with Gasteiger partial charge >= 0.3 is 21.6 Å². The fourth-order valence-corrected chi connectivity index (χ4v) is 4.20. The normalized spacial score (nSPS) is 19.2. The molecule has 1 aromatic carbocycles. The maximum atomic E-state index is 12.6. The number of benzene rings is 1. The number of hydrogen-bond donors (Lipinski definition) is 0. The molecule has 9 heteroatoms. The SMILES string of the molecule is COC(=O)[C@@H](C)[C@H](c1ccc2c(c1)C=C(OS(=O)(=O)C(F)(F)F)CC2)C1CC1. The first-order valence-electron chi connectivity index (χ1n) is 8.95. The quantitative estimate of drug-likeness (QED) is 0.395. The molecule has 0 bridgehead atoms. The Kier molecular flexibility index (Phi) is 5.49. The van der Waals surface area contributed by atoms with Crippen molar-refractivity contribution in [2.75, 3.05) is 7.11 Å². The minimum absolute atomic E-state index is 0.0589. The predicted molar refractivity (Wildman–Crippen MR) is 95.4 cm³/mol. The van der Waals surface area contributed by atoms with Crippen LogP contribution in [0.25, 0.3) is 6.08 Å². The molecule has 5 nitrogen and oxygen atoms in total. The van der Waals surface area contributed by atoms with Crippen LogP contribution in [-0.4, -0.2) is 27.0 Å². The van der Waals surface area contributed by atoms with Crippen molar-refractivity contribution in [1.82, 2.24) is 0 Å². The molecule has 2 aliphatic rings. The summed E-state index contributed by atoms with van der Waals surface area (Å²) in [6.07, 6.45) is 3.76. The zero-order chi connectivity index (χ0) is 20.7. The highest BCUT2D eigenvalue weighted by Crippen LogP contribution is 2.47. The monoisotopic (exact) mass is 418 g/mol. The minimum atomic E-state index is -5.69. The summed E-state index contributed by atoms with van der Waals surface area (Å²) in [5.74, 6) is -0.627. The van der Waals surface area contributed by atoms with E-state index < -0.39 is 15.6 Å². The number of carbonyl (C=O) groups is 1. The van der Waals surface area contributed by atoms with Crippen LogP contribution in [0.2, 0.25) is 0 Å². The van der Waals surface area contributed by atoms with Gasteiger partial charge in [-0.3, -0.25) is 4.79 Å². The lowest BCUT2D eigenvalue weighted by Crippen LogP contribution is -2.25. The van der Waals surface area contributed by atoms with Crippen molar-refractivity contribution in [1.29, 1.82) is 0 Å². The summed E-state index contributed by atoms with van der Waals surface area (Å²) in [5, 5.41) is 0. The second-order valence-electron chi connectivity index (χ2n) is 7.23. The molecule has 0 N–H and O–H groups in total. The number of ether oxygens (including phenoxy) is 1. The summed E-state index contributed by atoms with van der Waals surface area (Å²) in [6, 6.07) is 5.60. The van der Waals surface area contributed by atoms with Gasteiger partial charge in [-0.05, 0) is 53.9 Å². The van der Waals surface area contributed by atoms with E-state index in [1.54, 1.807) is 13.0 Å². The number of fused-ring (bicyclic) bond motifs is 1. The van der Waals surface area contributed by atoms with E-state index in [1.807, 2.05) is 12.1 Å². The number of alkyl halides is 3. The maximum absolute atomic E-state index is 12.6. The molecule has 0 heterocycles.